The summed E-state index contributed by atoms with van der Waals surface area (Å²) >= 11 is 0. The van der Waals surface area contributed by atoms with Crippen molar-refractivity contribution in [2.45, 2.75) is 19.4 Å². The van der Waals surface area contributed by atoms with Crippen molar-refractivity contribution in [3.05, 3.63) is 36.4 Å². The average molecular weight is 349 g/mol. The van der Waals surface area contributed by atoms with Gasteiger partial charge in [0.05, 0.1) is 18.1 Å². The molecule has 2 aromatic heterocycles. The number of pyridine rings is 1. The lowest BCUT2D eigenvalue weighted by molar-refractivity contribution is -0.131. The zero-order chi connectivity index (χ0) is 17.2. The minimum atomic E-state index is -2.96. The first-order valence-corrected chi connectivity index (χ1v) is 9.55. The SMILES string of the molecule is CN(Cc1cc(-c2cccnc2)no1)C(=O)CC1CCS(=O)(=O)C1. The molecular formula is C16H19N3O4S. The van der Waals surface area contributed by atoms with Crippen molar-refractivity contribution in [1.82, 2.24) is 15.0 Å². The molecule has 0 aliphatic carbocycles. The van der Waals surface area contributed by atoms with Gasteiger partial charge in [-0.3, -0.25) is 9.78 Å². The van der Waals surface area contributed by atoms with Crippen LogP contribution in [0.4, 0.5) is 0 Å². The third-order valence-corrected chi connectivity index (χ3v) is 5.96. The molecule has 3 rings (SSSR count). The van der Waals surface area contributed by atoms with Gasteiger partial charge in [-0.05, 0) is 24.5 Å². The van der Waals surface area contributed by atoms with Crippen LogP contribution < -0.4 is 0 Å². The zero-order valence-electron chi connectivity index (χ0n) is 13.4. The molecule has 1 fully saturated rings. The molecule has 0 aromatic carbocycles. The Balaban J connectivity index is 1.58. The Morgan fingerprint density at radius 3 is 2.96 bits per heavy atom. The third kappa shape index (κ3) is 4.00. The van der Waals surface area contributed by atoms with E-state index < -0.39 is 9.84 Å². The minimum absolute atomic E-state index is 0.0781. The number of hydrogen-bond donors (Lipinski definition) is 0. The summed E-state index contributed by atoms with van der Waals surface area (Å²) in [5.41, 5.74) is 1.51. The van der Waals surface area contributed by atoms with Crippen LogP contribution in [0.3, 0.4) is 0 Å². The summed E-state index contributed by atoms with van der Waals surface area (Å²) < 4.78 is 28.2. The minimum Gasteiger partial charge on any atom is -0.359 e. The second kappa shape index (κ2) is 6.72. The Labute approximate surface area is 140 Å². The number of aromatic nitrogens is 2. The van der Waals surface area contributed by atoms with E-state index in [0.717, 1.165) is 5.56 Å². The van der Waals surface area contributed by atoms with Gasteiger partial charge in [-0.1, -0.05) is 5.16 Å². The monoisotopic (exact) mass is 349 g/mol. The molecule has 1 atom stereocenters. The maximum Gasteiger partial charge on any atom is 0.223 e. The van der Waals surface area contributed by atoms with Crippen LogP contribution in [0.2, 0.25) is 0 Å². The van der Waals surface area contributed by atoms with Crippen LogP contribution >= 0.6 is 0 Å². The highest BCUT2D eigenvalue weighted by Gasteiger charge is 2.30. The molecular weight excluding hydrogens is 330 g/mol. The smallest absolute Gasteiger partial charge is 0.223 e. The van der Waals surface area contributed by atoms with E-state index >= 15 is 0 Å². The van der Waals surface area contributed by atoms with Crippen LogP contribution in [-0.2, 0) is 21.2 Å². The van der Waals surface area contributed by atoms with Crippen LogP contribution in [-0.4, -0.2) is 47.9 Å². The van der Waals surface area contributed by atoms with Gasteiger partial charge < -0.3 is 9.42 Å². The Hall–Kier alpha value is -2.22. The van der Waals surface area contributed by atoms with E-state index in [1.807, 2.05) is 12.1 Å². The summed E-state index contributed by atoms with van der Waals surface area (Å²) in [5, 5.41) is 3.99. The second-order valence-electron chi connectivity index (χ2n) is 6.14. The molecule has 128 valence electrons. The van der Waals surface area contributed by atoms with Gasteiger partial charge in [0.15, 0.2) is 15.6 Å². The first-order chi connectivity index (χ1) is 11.4. The Morgan fingerprint density at radius 2 is 2.29 bits per heavy atom. The number of carbonyl (C=O) groups is 1. The maximum atomic E-state index is 12.3. The van der Waals surface area contributed by atoms with Gasteiger partial charge in [0, 0.05) is 37.5 Å². The largest absolute Gasteiger partial charge is 0.359 e. The van der Waals surface area contributed by atoms with Crippen LogP contribution in [0.5, 0.6) is 0 Å². The first-order valence-electron chi connectivity index (χ1n) is 7.73. The zero-order valence-corrected chi connectivity index (χ0v) is 14.2. The second-order valence-corrected chi connectivity index (χ2v) is 8.37. The van der Waals surface area contributed by atoms with Gasteiger partial charge in [0.2, 0.25) is 5.91 Å². The van der Waals surface area contributed by atoms with E-state index in [-0.39, 0.29) is 29.8 Å². The Morgan fingerprint density at radius 1 is 1.46 bits per heavy atom. The van der Waals surface area contributed by atoms with Crippen molar-refractivity contribution in [3.8, 4) is 11.3 Å². The molecule has 8 heteroatoms. The third-order valence-electron chi connectivity index (χ3n) is 4.13. The number of rotatable bonds is 5. The molecule has 24 heavy (non-hydrogen) atoms. The number of carbonyl (C=O) groups excluding carboxylic acids is 1. The lowest BCUT2D eigenvalue weighted by Crippen LogP contribution is -2.28. The summed E-state index contributed by atoms with van der Waals surface area (Å²) in [6.07, 6.45) is 4.19. The lowest BCUT2D eigenvalue weighted by atomic mass is 10.0. The molecule has 2 aromatic rings. The quantitative estimate of drug-likeness (QED) is 0.812. The predicted molar refractivity (Wildman–Crippen MR) is 87.6 cm³/mol. The molecule has 0 saturated carbocycles. The molecule has 1 unspecified atom stereocenters. The predicted octanol–water partition coefficient (Wildman–Crippen LogP) is 1.52. The molecule has 1 aliphatic rings. The van der Waals surface area contributed by atoms with Crippen molar-refractivity contribution < 1.29 is 17.7 Å². The number of nitrogens with zero attached hydrogens (tertiary/aromatic N) is 3. The summed E-state index contributed by atoms with van der Waals surface area (Å²) in [7, 11) is -1.28. The van der Waals surface area contributed by atoms with Gasteiger partial charge in [0.25, 0.3) is 0 Å². The maximum absolute atomic E-state index is 12.3. The molecule has 0 bridgehead atoms. The molecule has 1 aliphatic heterocycles. The van der Waals surface area contributed by atoms with Crippen LogP contribution in [0, 0.1) is 5.92 Å². The average Bonchev–Trinajstić information content (AvgIpc) is 3.14. The van der Waals surface area contributed by atoms with Gasteiger partial charge >= 0.3 is 0 Å². The lowest BCUT2D eigenvalue weighted by Gasteiger charge is -2.17. The highest BCUT2D eigenvalue weighted by atomic mass is 32.2. The van der Waals surface area contributed by atoms with E-state index in [0.29, 0.717) is 24.4 Å². The summed E-state index contributed by atoms with van der Waals surface area (Å²) in [6.45, 7) is 0.297. The molecule has 3 heterocycles. The topological polar surface area (TPSA) is 93.4 Å². The van der Waals surface area contributed by atoms with E-state index in [9.17, 15) is 13.2 Å². The summed E-state index contributed by atoms with van der Waals surface area (Å²) in [6, 6.07) is 5.47. The van der Waals surface area contributed by atoms with Crippen molar-refractivity contribution in [2.24, 2.45) is 5.92 Å². The van der Waals surface area contributed by atoms with Gasteiger partial charge in [-0.2, -0.15) is 0 Å². The molecule has 7 nitrogen and oxygen atoms in total. The number of amides is 1. The van der Waals surface area contributed by atoms with Gasteiger partial charge in [-0.25, -0.2) is 8.42 Å². The van der Waals surface area contributed by atoms with Crippen molar-refractivity contribution in [3.63, 3.8) is 0 Å². The van der Waals surface area contributed by atoms with Gasteiger partial charge in [0.1, 0.15) is 5.69 Å². The fourth-order valence-electron chi connectivity index (χ4n) is 2.80. The number of sulfone groups is 1. The van der Waals surface area contributed by atoms with Gasteiger partial charge in [-0.15, -0.1) is 0 Å². The number of hydrogen-bond acceptors (Lipinski definition) is 6. The molecule has 1 amide bonds. The van der Waals surface area contributed by atoms with Crippen molar-refractivity contribution in [1.29, 1.82) is 0 Å². The fraction of sp³-hybridized carbons (Fsp3) is 0.438. The van der Waals surface area contributed by atoms with Crippen LogP contribution in [0.1, 0.15) is 18.6 Å². The van der Waals surface area contributed by atoms with Crippen molar-refractivity contribution in [2.75, 3.05) is 18.6 Å². The molecule has 0 spiro atoms. The summed E-state index contributed by atoms with van der Waals surface area (Å²) in [5.74, 6) is 0.705. The standard InChI is InChI=1S/C16H19N3O4S/c1-19(16(20)7-12-4-6-24(21,22)11-12)10-14-8-15(18-23-14)13-3-2-5-17-9-13/h2-3,5,8-9,12H,4,6-7,10-11H2,1H3. The van der Waals surface area contributed by atoms with Crippen LogP contribution in [0.15, 0.2) is 35.1 Å². The van der Waals surface area contributed by atoms with E-state index in [1.54, 1.807) is 30.4 Å². The van der Waals surface area contributed by atoms with E-state index in [4.69, 9.17) is 4.52 Å². The summed E-state index contributed by atoms with van der Waals surface area (Å²) in [4.78, 5) is 17.8. The van der Waals surface area contributed by atoms with E-state index in [1.165, 1.54) is 0 Å². The highest BCUT2D eigenvalue weighted by Crippen LogP contribution is 2.23. The Kier molecular flexibility index (Phi) is 4.66. The normalized spacial score (nSPS) is 19.3. The highest BCUT2D eigenvalue weighted by molar-refractivity contribution is 7.91. The molecule has 1 saturated heterocycles. The van der Waals surface area contributed by atoms with Crippen molar-refractivity contribution >= 4 is 15.7 Å². The first kappa shape index (κ1) is 16.6. The van der Waals surface area contributed by atoms with Crippen LogP contribution in [0.25, 0.3) is 11.3 Å². The molecule has 0 N–H and O–H groups in total. The van der Waals surface area contributed by atoms with E-state index in [2.05, 4.69) is 10.1 Å². The molecule has 0 radical (unpaired) electrons. The fourth-order valence-corrected chi connectivity index (χ4v) is 4.66. The Bertz CT molecular complexity index is 817.